The van der Waals surface area contributed by atoms with Crippen LogP contribution in [-0.4, -0.2) is 61.4 Å². The van der Waals surface area contributed by atoms with Gasteiger partial charge in [-0.3, -0.25) is 9.59 Å². The standard InChI is InChI=1S/C29H27ClF3N3O4/c1-39-16-15-35(28(38)20-7-11-21(12-8-20)29(31,32)33)18-27(37)36-26(19-9-13-22(40-2)14-10-19)17-25(34-36)23-5-3-4-6-24(23)30/h3-14,26H,15-18H2,1-2H3/t26-/m1/s1. The van der Waals surface area contributed by atoms with Gasteiger partial charge in [-0.1, -0.05) is 41.9 Å². The molecule has 40 heavy (non-hydrogen) atoms. The zero-order chi connectivity index (χ0) is 28.9. The van der Waals surface area contributed by atoms with Gasteiger partial charge in [0.2, 0.25) is 0 Å². The van der Waals surface area contributed by atoms with Gasteiger partial charge in [0.15, 0.2) is 0 Å². The molecule has 2 amide bonds. The number of amides is 2. The first kappa shape index (κ1) is 29.1. The molecule has 0 aliphatic carbocycles. The number of hydrogen-bond acceptors (Lipinski definition) is 5. The number of hydrogen-bond donors (Lipinski definition) is 0. The number of hydrazone groups is 1. The largest absolute Gasteiger partial charge is 0.497 e. The van der Waals surface area contributed by atoms with Crippen LogP contribution in [0.2, 0.25) is 5.02 Å². The molecule has 1 aliphatic rings. The number of nitrogens with zero attached hydrogens (tertiary/aromatic N) is 3. The van der Waals surface area contributed by atoms with Crippen molar-refractivity contribution in [3.8, 4) is 5.75 Å². The van der Waals surface area contributed by atoms with Crippen LogP contribution in [0, 0.1) is 0 Å². The molecule has 0 fully saturated rings. The minimum absolute atomic E-state index is 0.0188. The molecule has 1 aliphatic heterocycles. The maximum absolute atomic E-state index is 13.7. The summed E-state index contributed by atoms with van der Waals surface area (Å²) in [6.45, 7) is -0.199. The lowest BCUT2D eigenvalue weighted by Crippen LogP contribution is -2.42. The van der Waals surface area contributed by atoms with Crippen molar-refractivity contribution in [3.05, 3.63) is 100 Å². The molecule has 0 bridgehead atoms. The van der Waals surface area contributed by atoms with Gasteiger partial charge in [0.25, 0.3) is 11.8 Å². The fraction of sp³-hybridized carbons (Fsp3) is 0.276. The Bertz CT molecular complexity index is 1380. The minimum Gasteiger partial charge on any atom is -0.497 e. The number of halogens is 4. The third-order valence-electron chi connectivity index (χ3n) is 6.49. The number of alkyl halides is 3. The van der Waals surface area contributed by atoms with Gasteiger partial charge in [-0.25, -0.2) is 5.01 Å². The monoisotopic (exact) mass is 573 g/mol. The van der Waals surface area contributed by atoms with Gasteiger partial charge < -0.3 is 14.4 Å². The summed E-state index contributed by atoms with van der Waals surface area (Å²) < 4.78 is 49.4. The molecular weight excluding hydrogens is 547 g/mol. The lowest BCUT2D eigenvalue weighted by atomic mass is 9.98. The Kier molecular flexibility index (Phi) is 9.11. The SMILES string of the molecule is COCCN(CC(=O)N1N=C(c2ccccc2Cl)C[C@@H]1c1ccc(OC)cc1)C(=O)c1ccc(C(F)(F)F)cc1. The molecule has 0 saturated carbocycles. The maximum Gasteiger partial charge on any atom is 0.416 e. The second-order valence-electron chi connectivity index (χ2n) is 9.05. The van der Waals surface area contributed by atoms with Gasteiger partial charge in [0, 0.05) is 36.2 Å². The average molecular weight is 574 g/mol. The van der Waals surface area contributed by atoms with E-state index in [1.807, 2.05) is 24.3 Å². The summed E-state index contributed by atoms with van der Waals surface area (Å²) in [5.41, 5.74) is 1.25. The minimum atomic E-state index is -4.53. The number of methoxy groups -OCH3 is 2. The van der Waals surface area contributed by atoms with E-state index in [2.05, 4.69) is 5.10 Å². The van der Waals surface area contributed by atoms with Gasteiger partial charge in [-0.2, -0.15) is 18.3 Å². The summed E-state index contributed by atoms with van der Waals surface area (Å²) in [7, 11) is 3.00. The van der Waals surface area contributed by atoms with Crippen LogP contribution in [0.1, 0.15) is 39.5 Å². The normalized spacial score (nSPS) is 15.1. The highest BCUT2D eigenvalue weighted by molar-refractivity contribution is 6.34. The van der Waals surface area contributed by atoms with Crippen LogP contribution < -0.4 is 4.74 Å². The molecule has 0 N–H and O–H groups in total. The second-order valence-corrected chi connectivity index (χ2v) is 9.46. The van der Waals surface area contributed by atoms with Gasteiger partial charge in [-0.05, 0) is 48.0 Å². The summed E-state index contributed by atoms with van der Waals surface area (Å²) >= 11 is 6.42. The summed E-state index contributed by atoms with van der Waals surface area (Å²) in [5, 5.41) is 6.44. The summed E-state index contributed by atoms with van der Waals surface area (Å²) in [6, 6.07) is 17.8. The highest BCUT2D eigenvalue weighted by Crippen LogP contribution is 2.35. The highest BCUT2D eigenvalue weighted by atomic mass is 35.5. The lowest BCUT2D eigenvalue weighted by molar-refractivity contribution is -0.137. The van der Waals surface area contributed by atoms with Crippen molar-refractivity contribution in [2.24, 2.45) is 5.10 Å². The van der Waals surface area contributed by atoms with Crippen LogP contribution in [0.5, 0.6) is 5.75 Å². The van der Waals surface area contributed by atoms with Crippen molar-refractivity contribution in [1.82, 2.24) is 9.91 Å². The highest BCUT2D eigenvalue weighted by Gasteiger charge is 2.35. The molecule has 1 atom stereocenters. The van der Waals surface area contributed by atoms with Crippen LogP contribution in [-0.2, 0) is 15.7 Å². The van der Waals surface area contributed by atoms with E-state index in [4.69, 9.17) is 21.1 Å². The quantitative estimate of drug-likeness (QED) is 0.323. The van der Waals surface area contributed by atoms with Crippen molar-refractivity contribution in [2.45, 2.75) is 18.6 Å². The van der Waals surface area contributed by atoms with Crippen molar-refractivity contribution in [2.75, 3.05) is 33.9 Å². The first-order valence-electron chi connectivity index (χ1n) is 12.4. The van der Waals surface area contributed by atoms with E-state index >= 15 is 0 Å². The molecule has 11 heteroatoms. The number of ether oxygens (including phenoxy) is 2. The van der Waals surface area contributed by atoms with E-state index in [-0.39, 0.29) is 25.3 Å². The molecule has 3 aromatic carbocycles. The topological polar surface area (TPSA) is 71.4 Å². The molecule has 0 aromatic heterocycles. The summed E-state index contributed by atoms with van der Waals surface area (Å²) in [4.78, 5) is 28.2. The molecule has 1 heterocycles. The van der Waals surface area contributed by atoms with Crippen LogP contribution in [0.3, 0.4) is 0 Å². The van der Waals surface area contributed by atoms with Crippen molar-refractivity contribution in [3.63, 3.8) is 0 Å². The summed E-state index contributed by atoms with van der Waals surface area (Å²) in [6.07, 6.45) is -4.15. The fourth-order valence-corrected chi connectivity index (χ4v) is 4.60. The van der Waals surface area contributed by atoms with Crippen molar-refractivity contribution >= 4 is 29.1 Å². The van der Waals surface area contributed by atoms with E-state index in [1.165, 1.54) is 17.0 Å². The Morgan fingerprint density at radius 3 is 2.30 bits per heavy atom. The Hall–Kier alpha value is -3.89. The molecule has 0 saturated heterocycles. The second kappa shape index (κ2) is 12.5. The van der Waals surface area contributed by atoms with E-state index in [0.29, 0.717) is 28.5 Å². The van der Waals surface area contributed by atoms with Gasteiger partial charge in [-0.15, -0.1) is 0 Å². The van der Waals surface area contributed by atoms with Gasteiger partial charge >= 0.3 is 6.18 Å². The number of carbonyl (C=O) groups excluding carboxylic acids is 2. The number of carbonyl (C=O) groups is 2. The van der Waals surface area contributed by atoms with Gasteiger partial charge in [0.05, 0.1) is 31.0 Å². The van der Waals surface area contributed by atoms with E-state index in [0.717, 1.165) is 29.8 Å². The summed E-state index contributed by atoms with van der Waals surface area (Å²) in [5.74, 6) is -0.423. The fourth-order valence-electron chi connectivity index (χ4n) is 4.36. The Morgan fingerprint density at radius 2 is 1.70 bits per heavy atom. The Labute approximate surface area is 234 Å². The first-order valence-corrected chi connectivity index (χ1v) is 12.7. The van der Waals surface area contributed by atoms with E-state index in [1.54, 1.807) is 31.4 Å². The number of benzene rings is 3. The molecule has 210 valence electrons. The predicted molar refractivity (Wildman–Crippen MR) is 144 cm³/mol. The average Bonchev–Trinajstić information content (AvgIpc) is 3.40. The molecule has 4 rings (SSSR count). The zero-order valence-electron chi connectivity index (χ0n) is 21.8. The molecule has 3 aromatic rings. The molecule has 0 spiro atoms. The van der Waals surface area contributed by atoms with Crippen molar-refractivity contribution in [1.29, 1.82) is 0 Å². The smallest absolute Gasteiger partial charge is 0.416 e. The maximum atomic E-state index is 13.7. The van der Waals surface area contributed by atoms with E-state index < -0.39 is 29.6 Å². The zero-order valence-corrected chi connectivity index (χ0v) is 22.6. The van der Waals surface area contributed by atoms with Crippen LogP contribution in [0.4, 0.5) is 13.2 Å². The Morgan fingerprint density at radius 1 is 1.02 bits per heavy atom. The van der Waals surface area contributed by atoms with Crippen LogP contribution >= 0.6 is 11.6 Å². The molecular formula is C29H27ClF3N3O4. The van der Waals surface area contributed by atoms with Crippen molar-refractivity contribution < 1.29 is 32.2 Å². The Balaban J connectivity index is 1.62. The molecule has 0 radical (unpaired) electrons. The van der Waals surface area contributed by atoms with Crippen LogP contribution in [0.25, 0.3) is 0 Å². The third-order valence-corrected chi connectivity index (χ3v) is 6.82. The molecule has 0 unspecified atom stereocenters. The van der Waals surface area contributed by atoms with E-state index in [9.17, 15) is 22.8 Å². The van der Waals surface area contributed by atoms with Gasteiger partial charge in [0.1, 0.15) is 12.3 Å². The molecule has 7 nitrogen and oxygen atoms in total. The number of rotatable bonds is 9. The predicted octanol–water partition coefficient (Wildman–Crippen LogP) is 5.83. The first-order chi connectivity index (χ1) is 19.1. The van der Waals surface area contributed by atoms with Crippen LogP contribution in [0.15, 0.2) is 77.9 Å². The lowest BCUT2D eigenvalue weighted by Gasteiger charge is -2.27. The third kappa shape index (κ3) is 6.63.